The Kier molecular flexibility index (Phi) is 15.7. The SMILES string of the molecule is COCCOCOCCCCCCCCBr. The van der Waals surface area contributed by atoms with Gasteiger partial charge in [0.15, 0.2) is 0 Å². The minimum atomic E-state index is 0.396. The van der Waals surface area contributed by atoms with Crippen molar-refractivity contribution in [1.29, 1.82) is 0 Å². The standard InChI is InChI=1S/C12H25BrO3/c1-14-10-11-16-12-15-9-7-5-3-2-4-6-8-13/h2-12H2,1H3. The Morgan fingerprint density at radius 2 is 1.38 bits per heavy atom. The molecule has 0 amide bonds. The zero-order valence-electron chi connectivity index (χ0n) is 10.4. The van der Waals surface area contributed by atoms with Crippen LogP contribution in [0.3, 0.4) is 0 Å². The molecule has 98 valence electrons. The number of methoxy groups -OCH3 is 1. The van der Waals surface area contributed by atoms with Gasteiger partial charge in [0.2, 0.25) is 0 Å². The lowest BCUT2D eigenvalue weighted by Crippen LogP contribution is -2.06. The summed E-state index contributed by atoms with van der Waals surface area (Å²) in [5.41, 5.74) is 0. The van der Waals surface area contributed by atoms with E-state index >= 15 is 0 Å². The van der Waals surface area contributed by atoms with Crippen molar-refractivity contribution in [3.05, 3.63) is 0 Å². The number of rotatable bonds is 13. The fraction of sp³-hybridized carbons (Fsp3) is 1.00. The van der Waals surface area contributed by atoms with E-state index < -0.39 is 0 Å². The summed E-state index contributed by atoms with van der Waals surface area (Å²) in [6.45, 7) is 2.46. The third-order valence-corrected chi connectivity index (χ3v) is 2.83. The normalized spacial score (nSPS) is 10.9. The molecule has 0 saturated heterocycles. The summed E-state index contributed by atoms with van der Waals surface area (Å²) in [5.74, 6) is 0. The van der Waals surface area contributed by atoms with Crippen LogP contribution in [-0.2, 0) is 14.2 Å². The summed E-state index contributed by atoms with van der Waals surface area (Å²) in [7, 11) is 1.67. The van der Waals surface area contributed by atoms with Gasteiger partial charge in [-0.3, -0.25) is 0 Å². The Labute approximate surface area is 108 Å². The third kappa shape index (κ3) is 14.4. The van der Waals surface area contributed by atoms with Gasteiger partial charge in [0.05, 0.1) is 13.2 Å². The van der Waals surface area contributed by atoms with Gasteiger partial charge < -0.3 is 14.2 Å². The Bertz CT molecular complexity index is 109. The smallest absolute Gasteiger partial charge is 0.146 e. The Balaban J connectivity index is 2.83. The molecule has 0 atom stereocenters. The molecule has 0 bridgehead atoms. The Hall–Kier alpha value is 0.360. The molecule has 4 heteroatoms. The van der Waals surface area contributed by atoms with Crippen molar-refractivity contribution in [2.75, 3.05) is 39.1 Å². The Morgan fingerprint density at radius 3 is 2.06 bits per heavy atom. The van der Waals surface area contributed by atoms with Gasteiger partial charge in [0, 0.05) is 19.0 Å². The van der Waals surface area contributed by atoms with Crippen molar-refractivity contribution in [1.82, 2.24) is 0 Å². The molecular weight excluding hydrogens is 272 g/mol. The molecule has 0 radical (unpaired) electrons. The van der Waals surface area contributed by atoms with Crippen LogP contribution in [0.4, 0.5) is 0 Å². The highest BCUT2D eigenvalue weighted by molar-refractivity contribution is 9.09. The summed E-state index contributed by atoms with van der Waals surface area (Å²) in [6.07, 6.45) is 7.70. The highest BCUT2D eigenvalue weighted by Gasteiger charge is 1.92. The minimum Gasteiger partial charge on any atom is -0.382 e. The van der Waals surface area contributed by atoms with Gasteiger partial charge in [-0.15, -0.1) is 0 Å². The maximum Gasteiger partial charge on any atom is 0.146 e. The van der Waals surface area contributed by atoms with Gasteiger partial charge in [-0.25, -0.2) is 0 Å². The second-order valence-electron chi connectivity index (χ2n) is 3.74. The minimum absolute atomic E-state index is 0.396. The quantitative estimate of drug-likeness (QED) is 0.296. The van der Waals surface area contributed by atoms with Crippen molar-refractivity contribution >= 4 is 15.9 Å². The number of hydrogen-bond donors (Lipinski definition) is 0. The van der Waals surface area contributed by atoms with Crippen LogP contribution < -0.4 is 0 Å². The van der Waals surface area contributed by atoms with Gasteiger partial charge >= 0.3 is 0 Å². The highest BCUT2D eigenvalue weighted by atomic mass is 79.9. The number of unbranched alkanes of at least 4 members (excludes halogenated alkanes) is 5. The molecular formula is C12H25BrO3. The van der Waals surface area contributed by atoms with Crippen LogP contribution in [0, 0.1) is 0 Å². The van der Waals surface area contributed by atoms with E-state index in [4.69, 9.17) is 14.2 Å². The molecule has 0 fully saturated rings. The van der Waals surface area contributed by atoms with E-state index in [1.807, 2.05) is 0 Å². The first-order chi connectivity index (χ1) is 7.91. The fourth-order valence-corrected chi connectivity index (χ4v) is 1.72. The lowest BCUT2D eigenvalue weighted by Gasteiger charge is -2.05. The molecule has 0 saturated carbocycles. The second kappa shape index (κ2) is 15.4. The monoisotopic (exact) mass is 296 g/mol. The first-order valence-corrected chi connectivity index (χ1v) is 7.24. The van der Waals surface area contributed by atoms with E-state index in [0.29, 0.717) is 20.0 Å². The topological polar surface area (TPSA) is 27.7 Å². The molecule has 0 unspecified atom stereocenters. The highest BCUT2D eigenvalue weighted by Crippen LogP contribution is 2.06. The van der Waals surface area contributed by atoms with Gasteiger partial charge in [-0.1, -0.05) is 41.6 Å². The summed E-state index contributed by atoms with van der Waals surface area (Å²) < 4.78 is 15.4. The molecule has 16 heavy (non-hydrogen) atoms. The van der Waals surface area contributed by atoms with E-state index in [1.165, 1.54) is 32.1 Å². The molecule has 0 rings (SSSR count). The molecule has 0 N–H and O–H groups in total. The summed E-state index contributed by atoms with van der Waals surface area (Å²) in [5, 5.41) is 1.13. The lowest BCUT2D eigenvalue weighted by molar-refractivity contribution is -0.0664. The number of ether oxygens (including phenoxy) is 3. The molecule has 0 spiro atoms. The van der Waals surface area contributed by atoms with E-state index in [9.17, 15) is 0 Å². The van der Waals surface area contributed by atoms with Crippen LogP contribution in [0.15, 0.2) is 0 Å². The molecule has 0 aliphatic carbocycles. The van der Waals surface area contributed by atoms with Crippen molar-refractivity contribution in [2.45, 2.75) is 38.5 Å². The van der Waals surface area contributed by atoms with Crippen LogP contribution in [-0.4, -0.2) is 39.1 Å². The summed E-state index contributed by atoms with van der Waals surface area (Å²) in [4.78, 5) is 0. The predicted molar refractivity (Wildman–Crippen MR) is 70.1 cm³/mol. The van der Waals surface area contributed by atoms with Crippen molar-refractivity contribution < 1.29 is 14.2 Å². The predicted octanol–water partition coefficient (Wildman–Crippen LogP) is 3.36. The Morgan fingerprint density at radius 1 is 0.750 bits per heavy atom. The first kappa shape index (κ1) is 16.4. The maximum absolute atomic E-state index is 5.32. The van der Waals surface area contributed by atoms with E-state index in [-0.39, 0.29) is 0 Å². The van der Waals surface area contributed by atoms with E-state index in [1.54, 1.807) is 7.11 Å². The second-order valence-corrected chi connectivity index (χ2v) is 4.53. The molecule has 0 aromatic carbocycles. The van der Waals surface area contributed by atoms with Gasteiger partial charge in [-0.05, 0) is 12.8 Å². The number of halogens is 1. The molecule has 0 heterocycles. The summed E-state index contributed by atoms with van der Waals surface area (Å²) >= 11 is 3.44. The fourth-order valence-electron chi connectivity index (χ4n) is 1.32. The average Bonchev–Trinajstić information content (AvgIpc) is 2.31. The van der Waals surface area contributed by atoms with Gasteiger partial charge in [-0.2, -0.15) is 0 Å². The molecule has 3 nitrogen and oxygen atoms in total. The number of alkyl halides is 1. The average molecular weight is 297 g/mol. The van der Waals surface area contributed by atoms with E-state index in [2.05, 4.69) is 15.9 Å². The van der Waals surface area contributed by atoms with Gasteiger partial charge in [0.1, 0.15) is 6.79 Å². The largest absolute Gasteiger partial charge is 0.382 e. The first-order valence-electron chi connectivity index (χ1n) is 6.12. The molecule has 0 aliphatic rings. The van der Waals surface area contributed by atoms with Crippen molar-refractivity contribution in [3.8, 4) is 0 Å². The zero-order valence-corrected chi connectivity index (χ0v) is 12.0. The number of hydrogen-bond acceptors (Lipinski definition) is 3. The van der Waals surface area contributed by atoms with Crippen LogP contribution >= 0.6 is 15.9 Å². The van der Waals surface area contributed by atoms with E-state index in [0.717, 1.165) is 18.4 Å². The van der Waals surface area contributed by atoms with Crippen molar-refractivity contribution in [3.63, 3.8) is 0 Å². The van der Waals surface area contributed by atoms with Gasteiger partial charge in [0.25, 0.3) is 0 Å². The zero-order chi connectivity index (χ0) is 11.9. The van der Waals surface area contributed by atoms with Crippen LogP contribution in [0.2, 0.25) is 0 Å². The van der Waals surface area contributed by atoms with Crippen molar-refractivity contribution in [2.24, 2.45) is 0 Å². The molecule has 0 aromatic heterocycles. The molecule has 0 aliphatic heterocycles. The summed E-state index contributed by atoms with van der Waals surface area (Å²) in [6, 6.07) is 0. The van der Waals surface area contributed by atoms with Crippen LogP contribution in [0.1, 0.15) is 38.5 Å². The molecule has 0 aromatic rings. The lowest BCUT2D eigenvalue weighted by atomic mass is 10.1. The van der Waals surface area contributed by atoms with Crippen LogP contribution in [0.25, 0.3) is 0 Å². The maximum atomic E-state index is 5.32. The third-order valence-electron chi connectivity index (χ3n) is 2.27. The van der Waals surface area contributed by atoms with Crippen LogP contribution in [0.5, 0.6) is 0 Å².